The van der Waals surface area contributed by atoms with Crippen molar-refractivity contribution in [1.29, 1.82) is 0 Å². The molecule has 0 saturated heterocycles. The zero-order valence-electron chi connectivity index (χ0n) is 15.7. The highest BCUT2D eigenvalue weighted by molar-refractivity contribution is 7.89. The smallest absolute Gasteiger partial charge is 0.339 e. The zero-order valence-corrected chi connectivity index (χ0v) is 17.3. The second-order valence-corrected chi connectivity index (χ2v) is 9.10. The Kier molecular flexibility index (Phi) is 6.81. The molecule has 0 fully saturated rings. The molecule has 2 aromatic rings. The molecule has 0 atom stereocenters. The molecule has 0 heterocycles. The second kappa shape index (κ2) is 8.72. The van der Waals surface area contributed by atoms with Crippen LogP contribution in [-0.4, -0.2) is 47.3 Å². The van der Waals surface area contributed by atoms with Gasteiger partial charge in [-0.2, -0.15) is 12.7 Å². The molecule has 0 N–H and O–H groups in total. The van der Waals surface area contributed by atoms with Gasteiger partial charge in [-0.3, -0.25) is 0 Å². The highest BCUT2D eigenvalue weighted by Crippen LogP contribution is 2.22. The van der Waals surface area contributed by atoms with E-state index in [1.165, 1.54) is 47.8 Å². The van der Waals surface area contributed by atoms with Gasteiger partial charge in [0.15, 0.2) is 0 Å². The Morgan fingerprint density at radius 1 is 0.929 bits per heavy atom. The molecular weight excluding hydrogens is 406 g/mol. The molecule has 2 aromatic carbocycles. The lowest BCUT2D eigenvalue weighted by Crippen LogP contribution is -2.30. The van der Waals surface area contributed by atoms with Gasteiger partial charge in [0, 0.05) is 13.1 Å². The molecule has 0 unspecified atom stereocenters. The van der Waals surface area contributed by atoms with Crippen LogP contribution in [0, 0.1) is 0 Å². The van der Waals surface area contributed by atoms with E-state index >= 15 is 0 Å². The van der Waals surface area contributed by atoms with Gasteiger partial charge in [-0.1, -0.05) is 19.9 Å². The Labute approximate surface area is 164 Å². The van der Waals surface area contributed by atoms with Gasteiger partial charge >= 0.3 is 16.1 Å². The zero-order chi connectivity index (χ0) is 20.9. The molecule has 2 rings (SSSR count). The monoisotopic (exact) mass is 427 g/mol. The lowest BCUT2D eigenvalue weighted by Gasteiger charge is -2.18. The minimum absolute atomic E-state index is 0.0113. The van der Waals surface area contributed by atoms with E-state index in [-0.39, 0.29) is 21.1 Å². The van der Waals surface area contributed by atoms with Crippen molar-refractivity contribution in [3.63, 3.8) is 0 Å². The number of carbonyl (C=O) groups excluding carboxylic acids is 1. The minimum Gasteiger partial charge on any atom is -0.465 e. The Balaban J connectivity index is 2.29. The van der Waals surface area contributed by atoms with E-state index in [1.54, 1.807) is 13.8 Å². The van der Waals surface area contributed by atoms with E-state index in [0.29, 0.717) is 13.1 Å². The van der Waals surface area contributed by atoms with Crippen LogP contribution in [0.25, 0.3) is 0 Å². The summed E-state index contributed by atoms with van der Waals surface area (Å²) in [6, 6.07) is 10.3. The van der Waals surface area contributed by atoms with Gasteiger partial charge < -0.3 is 8.92 Å². The first-order valence-electron chi connectivity index (χ1n) is 8.38. The SMILES string of the molecule is CCN(CC)S(=O)(=O)c1ccc(S(=O)(=O)Oc2cccc(C(=O)OC)c2)cc1. The lowest BCUT2D eigenvalue weighted by molar-refractivity contribution is 0.0600. The summed E-state index contributed by atoms with van der Waals surface area (Å²) < 4.78 is 60.8. The van der Waals surface area contributed by atoms with Crippen molar-refractivity contribution in [2.24, 2.45) is 0 Å². The summed E-state index contributed by atoms with van der Waals surface area (Å²) in [5, 5.41) is 0. The van der Waals surface area contributed by atoms with Crippen LogP contribution in [0.4, 0.5) is 0 Å². The van der Waals surface area contributed by atoms with Crippen LogP contribution in [-0.2, 0) is 24.9 Å². The fourth-order valence-corrected chi connectivity index (χ4v) is 4.84. The van der Waals surface area contributed by atoms with Gasteiger partial charge in [-0.15, -0.1) is 0 Å². The van der Waals surface area contributed by atoms with Gasteiger partial charge in [0.25, 0.3) is 0 Å². The number of nitrogens with zero attached hydrogens (tertiary/aromatic N) is 1. The van der Waals surface area contributed by atoms with Crippen LogP contribution >= 0.6 is 0 Å². The first-order valence-corrected chi connectivity index (χ1v) is 11.2. The van der Waals surface area contributed by atoms with Crippen LogP contribution in [0.2, 0.25) is 0 Å². The fraction of sp³-hybridized carbons (Fsp3) is 0.278. The van der Waals surface area contributed by atoms with Crippen molar-refractivity contribution in [1.82, 2.24) is 4.31 Å². The lowest BCUT2D eigenvalue weighted by atomic mass is 10.2. The van der Waals surface area contributed by atoms with Crippen LogP contribution in [0.3, 0.4) is 0 Å². The van der Waals surface area contributed by atoms with Crippen LogP contribution < -0.4 is 4.18 Å². The summed E-state index contributed by atoms with van der Waals surface area (Å²) in [5.74, 6) is -0.698. The maximum atomic E-state index is 12.5. The number of hydrogen-bond acceptors (Lipinski definition) is 7. The fourth-order valence-electron chi connectivity index (χ4n) is 2.46. The van der Waals surface area contributed by atoms with Crippen LogP contribution in [0.5, 0.6) is 5.75 Å². The molecule has 0 saturated carbocycles. The first kappa shape index (κ1) is 21.9. The van der Waals surface area contributed by atoms with Gasteiger partial charge in [0.1, 0.15) is 10.6 Å². The van der Waals surface area contributed by atoms with Crippen molar-refractivity contribution in [3.8, 4) is 5.75 Å². The predicted molar refractivity (Wildman–Crippen MR) is 102 cm³/mol. The van der Waals surface area contributed by atoms with E-state index in [0.717, 1.165) is 12.1 Å². The average Bonchev–Trinajstić information content (AvgIpc) is 2.68. The standard InChI is InChI=1S/C18H21NO7S2/c1-4-19(5-2)27(21,22)16-9-11-17(12-10-16)28(23,24)26-15-8-6-7-14(13-15)18(20)25-3/h6-13H,4-5H2,1-3H3. The largest absolute Gasteiger partial charge is 0.465 e. The summed E-state index contributed by atoms with van der Waals surface area (Å²) in [6.07, 6.45) is 0. The maximum Gasteiger partial charge on any atom is 0.339 e. The normalized spacial score (nSPS) is 12.0. The minimum atomic E-state index is -4.22. The Hall–Kier alpha value is -2.43. The number of rotatable bonds is 8. The molecule has 0 bridgehead atoms. The maximum absolute atomic E-state index is 12.5. The number of benzene rings is 2. The molecule has 0 radical (unpaired) electrons. The number of ether oxygens (including phenoxy) is 1. The topological polar surface area (TPSA) is 107 Å². The third-order valence-corrected chi connectivity index (χ3v) is 7.24. The summed E-state index contributed by atoms with van der Waals surface area (Å²) in [7, 11) is -6.70. The Morgan fingerprint density at radius 3 is 2.04 bits per heavy atom. The molecule has 0 aliphatic rings. The third-order valence-electron chi connectivity index (χ3n) is 3.92. The number of hydrogen-bond donors (Lipinski definition) is 0. The van der Waals surface area contributed by atoms with Gasteiger partial charge in [-0.05, 0) is 42.5 Å². The summed E-state index contributed by atoms with van der Waals surface area (Å²) in [6.45, 7) is 4.05. The Bertz CT molecular complexity index is 1040. The van der Waals surface area contributed by atoms with Crippen molar-refractivity contribution in [2.45, 2.75) is 23.6 Å². The van der Waals surface area contributed by atoms with Gasteiger partial charge in [0.05, 0.1) is 17.6 Å². The number of carbonyl (C=O) groups is 1. The first-order chi connectivity index (χ1) is 13.2. The number of sulfonamides is 1. The predicted octanol–water partition coefficient (Wildman–Crippen LogP) is 2.27. The third kappa shape index (κ3) is 4.70. The quantitative estimate of drug-likeness (QED) is 0.470. The van der Waals surface area contributed by atoms with Crippen molar-refractivity contribution < 1.29 is 30.6 Å². The van der Waals surface area contributed by atoms with Gasteiger partial charge in [0.2, 0.25) is 10.0 Å². The van der Waals surface area contributed by atoms with E-state index < -0.39 is 26.1 Å². The van der Waals surface area contributed by atoms with Crippen LogP contribution in [0.1, 0.15) is 24.2 Å². The molecular formula is C18H21NO7S2. The van der Waals surface area contributed by atoms with E-state index in [4.69, 9.17) is 4.18 Å². The van der Waals surface area contributed by atoms with Crippen molar-refractivity contribution in [3.05, 3.63) is 54.1 Å². The molecule has 10 heteroatoms. The summed E-state index contributed by atoms with van der Waals surface area (Å²) in [4.78, 5) is 11.3. The highest BCUT2D eigenvalue weighted by Gasteiger charge is 2.23. The van der Waals surface area contributed by atoms with E-state index in [2.05, 4.69) is 4.74 Å². The molecule has 152 valence electrons. The average molecular weight is 428 g/mol. The van der Waals surface area contributed by atoms with Crippen LogP contribution in [0.15, 0.2) is 58.3 Å². The summed E-state index contributed by atoms with van der Waals surface area (Å²) in [5.41, 5.74) is 0.135. The van der Waals surface area contributed by atoms with E-state index in [1.807, 2.05) is 0 Å². The molecule has 0 spiro atoms. The van der Waals surface area contributed by atoms with Crippen molar-refractivity contribution in [2.75, 3.05) is 20.2 Å². The second-order valence-electron chi connectivity index (χ2n) is 5.62. The summed E-state index contributed by atoms with van der Waals surface area (Å²) >= 11 is 0. The molecule has 8 nitrogen and oxygen atoms in total. The van der Waals surface area contributed by atoms with Crippen molar-refractivity contribution >= 4 is 26.1 Å². The molecule has 0 aliphatic carbocycles. The number of esters is 1. The van der Waals surface area contributed by atoms with E-state index in [9.17, 15) is 21.6 Å². The molecule has 0 aromatic heterocycles. The molecule has 0 aliphatic heterocycles. The highest BCUT2D eigenvalue weighted by atomic mass is 32.2. The Morgan fingerprint density at radius 2 is 1.50 bits per heavy atom. The van der Waals surface area contributed by atoms with Gasteiger partial charge in [-0.25, -0.2) is 13.2 Å². The molecule has 0 amide bonds. The number of methoxy groups -OCH3 is 1. The molecule has 28 heavy (non-hydrogen) atoms.